The molecule has 4 rings (SSSR count). The number of amides is 1. The van der Waals surface area contributed by atoms with E-state index in [0.29, 0.717) is 21.8 Å². The lowest BCUT2D eigenvalue weighted by molar-refractivity contribution is 0.0529. The van der Waals surface area contributed by atoms with Crippen molar-refractivity contribution in [1.82, 2.24) is 4.57 Å². The molecule has 3 heterocycles. The largest absolute Gasteiger partial charge is 0.462 e. The maximum atomic E-state index is 13.6. The molecule has 0 bridgehead atoms. The van der Waals surface area contributed by atoms with Crippen molar-refractivity contribution in [3.05, 3.63) is 64.2 Å². The van der Waals surface area contributed by atoms with Gasteiger partial charge in [0.25, 0.3) is 5.91 Å². The van der Waals surface area contributed by atoms with Crippen LogP contribution in [0.1, 0.15) is 27.8 Å². The number of nitrogens with zero attached hydrogens (tertiary/aromatic N) is 1. The van der Waals surface area contributed by atoms with Gasteiger partial charge in [0.1, 0.15) is 22.1 Å². The first-order chi connectivity index (χ1) is 14.0. The Morgan fingerprint density at radius 2 is 2.03 bits per heavy atom. The Balaban J connectivity index is 1.72. The van der Waals surface area contributed by atoms with Gasteiger partial charge in [-0.05, 0) is 42.6 Å². The second-order valence-corrected chi connectivity index (χ2v) is 8.12. The Kier molecular flexibility index (Phi) is 5.21. The number of hydrogen-bond donors (Lipinski definition) is 1. The molecule has 0 aliphatic carbocycles. The number of nitrogens with one attached hydrogen (secondary N) is 1. The molecule has 5 nitrogen and oxygen atoms in total. The van der Waals surface area contributed by atoms with Crippen LogP contribution in [-0.2, 0) is 11.8 Å². The summed E-state index contributed by atoms with van der Waals surface area (Å²) < 4.78 is 20.4. The van der Waals surface area contributed by atoms with Gasteiger partial charge in [-0.15, -0.1) is 22.7 Å². The van der Waals surface area contributed by atoms with Crippen molar-refractivity contribution in [3.63, 3.8) is 0 Å². The third kappa shape index (κ3) is 3.56. The predicted octanol–water partition coefficient (Wildman–Crippen LogP) is 5.54. The standard InChI is InChI=1S/C21H17FN2O3S2/c1-3-27-21(26)18-14(17-5-4-8-28-17)11-29-20(18)23-19(25)16-9-12-6-7-13(22)10-15(12)24(16)2/h4-11H,3H2,1-2H3,(H,23,25). The molecule has 4 aromatic rings. The van der Waals surface area contributed by atoms with Gasteiger partial charge in [-0.3, -0.25) is 4.79 Å². The molecule has 1 N–H and O–H groups in total. The highest BCUT2D eigenvalue weighted by atomic mass is 32.1. The molecule has 1 aromatic carbocycles. The molecular formula is C21H17FN2O3S2. The summed E-state index contributed by atoms with van der Waals surface area (Å²) in [6.45, 7) is 1.97. The van der Waals surface area contributed by atoms with Crippen LogP contribution in [0.2, 0.25) is 0 Å². The first kappa shape index (κ1) is 19.4. The first-order valence-electron chi connectivity index (χ1n) is 8.88. The molecule has 0 aliphatic heterocycles. The van der Waals surface area contributed by atoms with E-state index in [4.69, 9.17) is 4.74 Å². The van der Waals surface area contributed by atoms with E-state index in [1.807, 2.05) is 22.9 Å². The molecular weight excluding hydrogens is 411 g/mol. The Morgan fingerprint density at radius 1 is 1.21 bits per heavy atom. The smallest absolute Gasteiger partial charge is 0.341 e. The molecule has 0 spiro atoms. The average Bonchev–Trinajstić information content (AvgIpc) is 3.41. The number of hydrogen-bond acceptors (Lipinski definition) is 5. The van der Waals surface area contributed by atoms with E-state index in [0.717, 1.165) is 15.8 Å². The average molecular weight is 429 g/mol. The van der Waals surface area contributed by atoms with Crippen molar-refractivity contribution < 1.29 is 18.7 Å². The maximum absolute atomic E-state index is 13.6. The van der Waals surface area contributed by atoms with E-state index in [2.05, 4.69) is 5.32 Å². The summed E-state index contributed by atoms with van der Waals surface area (Å²) in [4.78, 5) is 26.5. The monoisotopic (exact) mass is 428 g/mol. The van der Waals surface area contributed by atoms with E-state index in [1.54, 1.807) is 30.7 Å². The van der Waals surface area contributed by atoms with Gasteiger partial charge in [-0.2, -0.15) is 0 Å². The number of ether oxygens (including phenoxy) is 1. The summed E-state index contributed by atoms with van der Waals surface area (Å²) in [5.74, 6) is -1.23. The molecule has 0 saturated carbocycles. The van der Waals surface area contributed by atoms with Crippen molar-refractivity contribution in [2.75, 3.05) is 11.9 Å². The number of anilines is 1. The molecule has 1 amide bonds. The Bertz CT molecular complexity index is 1210. The number of aromatic nitrogens is 1. The number of thiophene rings is 2. The minimum atomic E-state index is -0.480. The molecule has 0 fully saturated rings. The molecule has 29 heavy (non-hydrogen) atoms. The van der Waals surface area contributed by atoms with Crippen LogP contribution in [0.3, 0.4) is 0 Å². The SMILES string of the molecule is CCOC(=O)c1c(-c2cccs2)csc1NC(=O)c1cc2ccc(F)cc2n1C. The van der Waals surface area contributed by atoms with Crippen molar-refractivity contribution in [3.8, 4) is 10.4 Å². The van der Waals surface area contributed by atoms with Crippen LogP contribution < -0.4 is 5.32 Å². The summed E-state index contributed by atoms with van der Waals surface area (Å²) in [6.07, 6.45) is 0. The Hall–Kier alpha value is -2.97. The second kappa shape index (κ2) is 7.81. The molecule has 0 aliphatic rings. The van der Waals surface area contributed by atoms with Crippen LogP contribution in [-0.4, -0.2) is 23.1 Å². The van der Waals surface area contributed by atoms with Gasteiger partial charge in [0.15, 0.2) is 0 Å². The lowest BCUT2D eigenvalue weighted by Gasteiger charge is -2.09. The van der Waals surface area contributed by atoms with Gasteiger partial charge in [-0.25, -0.2) is 9.18 Å². The number of halogens is 1. The number of fused-ring (bicyclic) bond motifs is 1. The third-order valence-corrected chi connectivity index (χ3v) is 6.32. The molecule has 3 aromatic heterocycles. The summed E-state index contributed by atoms with van der Waals surface area (Å²) in [5, 5.41) is 7.78. The van der Waals surface area contributed by atoms with Crippen molar-refractivity contribution in [1.29, 1.82) is 0 Å². The summed E-state index contributed by atoms with van der Waals surface area (Å²) in [7, 11) is 1.70. The number of benzene rings is 1. The molecule has 0 saturated heterocycles. The van der Waals surface area contributed by atoms with Crippen LogP contribution in [0, 0.1) is 5.82 Å². The lowest BCUT2D eigenvalue weighted by Crippen LogP contribution is -2.17. The highest BCUT2D eigenvalue weighted by molar-refractivity contribution is 7.17. The van der Waals surface area contributed by atoms with Gasteiger partial charge in [0, 0.05) is 28.3 Å². The predicted molar refractivity (Wildman–Crippen MR) is 114 cm³/mol. The van der Waals surface area contributed by atoms with Gasteiger partial charge >= 0.3 is 5.97 Å². The van der Waals surface area contributed by atoms with Crippen LogP contribution >= 0.6 is 22.7 Å². The Labute approximate surface area is 174 Å². The van der Waals surface area contributed by atoms with Crippen molar-refractivity contribution >= 4 is 50.5 Å². The van der Waals surface area contributed by atoms with E-state index >= 15 is 0 Å². The van der Waals surface area contributed by atoms with Gasteiger partial charge in [0.2, 0.25) is 0 Å². The molecule has 0 unspecified atom stereocenters. The number of aryl methyl sites for hydroxylation is 1. The maximum Gasteiger partial charge on any atom is 0.341 e. The van der Waals surface area contributed by atoms with Crippen LogP contribution in [0.4, 0.5) is 9.39 Å². The normalized spacial score (nSPS) is 11.0. The topological polar surface area (TPSA) is 60.3 Å². The zero-order valence-corrected chi connectivity index (χ0v) is 17.3. The molecule has 8 heteroatoms. The Morgan fingerprint density at radius 3 is 2.76 bits per heavy atom. The number of esters is 1. The summed E-state index contributed by atoms with van der Waals surface area (Å²) >= 11 is 2.78. The fourth-order valence-corrected chi connectivity index (χ4v) is 4.92. The van der Waals surface area contributed by atoms with E-state index in [9.17, 15) is 14.0 Å². The number of carbonyl (C=O) groups is 2. The van der Waals surface area contributed by atoms with Crippen molar-refractivity contribution in [2.24, 2.45) is 7.05 Å². The summed E-state index contributed by atoms with van der Waals surface area (Å²) in [5.41, 5.74) is 2.06. The van der Waals surface area contributed by atoms with Crippen LogP contribution in [0.25, 0.3) is 21.3 Å². The second-order valence-electron chi connectivity index (χ2n) is 6.30. The fraction of sp³-hybridized carbons (Fsp3) is 0.143. The zero-order valence-electron chi connectivity index (χ0n) is 15.7. The van der Waals surface area contributed by atoms with Crippen molar-refractivity contribution in [2.45, 2.75) is 6.92 Å². The van der Waals surface area contributed by atoms with Gasteiger partial charge in [-0.1, -0.05) is 6.07 Å². The summed E-state index contributed by atoms with van der Waals surface area (Å²) in [6, 6.07) is 9.89. The minimum absolute atomic E-state index is 0.237. The third-order valence-electron chi connectivity index (χ3n) is 4.52. The van der Waals surface area contributed by atoms with E-state index in [1.165, 1.54) is 34.8 Å². The zero-order chi connectivity index (χ0) is 20.5. The van der Waals surface area contributed by atoms with Crippen LogP contribution in [0.5, 0.6) is 0 Å². The lowest BCUT2D eigenvalue weighted by atomic mass is 10.1. The van der Waals surface area contributed by atoms with E-state index in [-0.39, 0.29) is 18.3 Å². The molecule has 0 radical (unpaired) electrons. The number of carbonyl (C=O) groups excluding carboxylic acids is 2. The highest BCUT2D eigenvalue weighted by Crippen LogP contribution is 2.38. The molecule has 0 atom stereocenters. The van der Waals surface area contributed by atoms with E-state index < -0.39 is 5.97 Å². The van der Waals surface area contributed by atoms with Gasteiger partial charge in [0.05, 0.1) is 12.1 Å². The first-order valence-corrected chi connectivity index (χ1v) is 10.6. The number of rotatable bonds is 5. The minimum Gasteiger partial charge on any atom is -0.462 e. The fourth-order valence-electron chi connectivity index (χ4n) is 3.16. The quantitative estimate of drug-likeness (QED) is 0.425. The highest BCUT2D eigenvalue weighted by Gasteiger charge is 2.24. The van der Waals surface area contributed by atoms with Gasteiger partial charge < -0.3 is 14.6 Å². The van der Waals surface area contributed by atoms with Crippen LogP contribution in [0.15, 0.2) is 47.2 Å². The molecule has 148 valence electrons.